The summed E-state index contributed by atoms with van der Waals surface area (Å²) >= 11 is 0. The molecule has 3 aromatic carbocycles. The first-order chi connectivity index (χ1) is 17.3. The molecule has 0 aliphatic rings. The second-order valence-electron chi connectivity index (χ2n) is 8.32. The van der Waals surface area contributed by atoms with Crippen molar-refractivity contribution in [2.24, 2.45) is 10.2 Å². The molecule has 0 heterocycles. The number of carbonyl (C=O) groups excluding carboxylic acids is 2. The van der Waals surface area contributed by atoms with Crippen molar-refractivity contribution >= 4 is 24.2 Å². The molecule has 0 aliphatic heterocycles. The van der Waals surface area contributed by atoms with Gasteiger partial charge in [-0.05, 0) is 85.3 Å². The predicted molar refractivity (Wildman–Crippen MR) is 141 cm³/mol. The SMILES string of the molecule is Cc1ccc(/C=N/NC(=O)COc2ccc(OCC(=O)N/N=C/c3ccc(C)c(C)c3)cc2)cc1C. The van der Waals surface area contributed by atoms with E-state index in [0.717, 1.165) is 22.3 Å². The van der Waals surface area contributed by atoms with Crippen molar-refractivity contribution in [1.82, 2.24) is 10.9 Å². The third-order valence-electron chi connectivity index (χ3n) is 5.43. The van der Waals surface area contributed by atoms with E-state index in [1.165, 1.54) is 11.1 Å². The third kappa shape index (κ3) is 8.39. The van der Waals surface area contributed by atoms with Crippen molar-refractivity contribution in [3.05, 3.63) is 94.0 Å². The van der Waals surface area contributed by atoms with Crippen LogP contribution in [-0.2, 0) is 9.59 Å². The molecule has 3 rings (SSSR count). The molecule has 36 heavy (non-hydrogen) atoms. The second-order valence-corrected chi connectivity index (χ2v) is 8.32. The van der Waals surface area contributed by atoms with Crippen molar-refractivity contribution in [1.29, 1.82) is 0 Å². The molecule has 186 valence electrons. The van der Waals surface area contributed by atoms with Crippen LogP contribution in [0.2, 0.25) is 0 Å². The van der Waals surface area contributed by atoms with E-state index in [9.17, 15) is 9.59 Å². The van der Waals surface area contributed by atoms with Crippen LogP contribution >= 0.6 is 0 Å². The number of hydrazone groups is 2. The summed E-state index contributed by atoms with van der Waals surface area (Å²) in [6.07, 6.45) is 3.17. The molecule has 0 saturated carbocycles. The van der Waals surface area contributed by atoms with E-state index < -0.39 is 0 Å². The number of ether oxygens (including phenoxy) is 2. The molecule has 0 aromatic heterocycles. The summed E-state index contributed by atoms with van der Waals surface area (Å²) in [4.78, 5) is 23.9. The van der Waals surface area contributed by atoms with E-state index >= 15 is 0 Å². The van der Waals surface area contributed by atoms with Crippen LogP contribution in [0.1, 0.15) is 33.4 Å². The molecule has 0 fully saturated rings. The van der Waals surface area contributed by atoms with Crippen molar-refractivity contribution < 1.29 is 19.1 Å². The zero-order chi connectivity index (χ0) is 25.9. The maximum absolute atomic E-state index is 11.9. The van der Waals surface area contributed by atoms with Crippen LogP contribution < -0.4 is 20.3 Å². The van der Waals surface area contributed by atoms with Gasteiger partial charge in [0.1, 0.15) is 11.5 Å². The summed E-state index contributed by atoms with van der Waals surface area (Å²) in [5.74, 6) is 0.207. The number of aryl methyl sites for hydroxylation is 4. The molecule has 0 spiro atoms. The zero-order valence-electron chi connectivity index (χ0n) is 20.9. The Bertz CT molecular complexity index is 1170. The fraction of sp³-hybridized carbons (Fsp3) is 0.214. The van der Waals surface area contributed by atoms with Crippen LogP contribution in [0.5, 0.6) is 11.5 Å². The van der Waals surface area contributed by atoms with Crippen LogP contribution in [0, 0.1) is 27.7 Å². The molecule has 2 amide bonds. The quantitative estimate of drug-likeness (QED) is 0.334. The van der Waals surface area contributed by atoms with E-state index in [1.54, 1.807) is 36.7 Å². The molecule has 8 heteroatoms. The topological polar surface area (TPSA) is 101 Å². The first-order valence-electron chi connectivity index (χ1n) is 11.4. The molecule has 0 bridgehead atoms. The van der Waals surface area contributed by atoms with Crippen molar-refractivity contribution in [2.45, 2.75) is 27.7 Å². The number of hydrogen-bond acceptors (Lipinski definition) is 6. The molecule has 3 aromatic rings. The fourth-order valence-corrected chi connectivity index (χ4v) is 3.04. The standard InChI is InChI=1S/C28H30N4O4/c1-19-5-7-23(13-21(19)3)15-29-31-27(33)17-35-25-9-11-26(12-10-25)36-18-28(34)32-30-16-24-8-6-20(2)22(4)14-24/h5-16H,17-18H2,1-4H3,(H,31,33)(H,32,34)/b29-15+,30-16+. The van der Waals surface area contributed by atoms with Gasteiger partial charge in [0.25, 0.3) is 11.8 Å². The Morgan fingerprint density at radius 2 is 1.03 bits per heavy atom. The van der Waals surface area contributed by atoms with Crippen molar-refractivity contribution in [3.63, 3.8) is 0 Å². The molecular formula is C28H30N4O4. The molecule has 0 aliphatic carbocycles. The minimum atomic E-state index is -0.381. The average molecular weight is 487 g/mol. The van der Waals surface area contributed by atoms with Crippen molar-refractivity contribution in [2.75, 3.05) is 13.2 Å². The monoisotopic (exact) mass is 486 g/mol. The summed E-state index contributed by atoms with van der Waals surface area (Å²) in [5, 5.41) is 7.91. The Morgan fingerprint density at radius 3 is 1.39 bits per heavy atom. The van der Waals surface area contributed by atoms with Crippen LogP contribution in [0.3, 0.4) is 0 Å². The number of carbonyl (C=O) groups is 2. The summed E-state index contributed by atoms with van der Waals surface area (Å²) in [7, 11) is 0. The molecule has 0 radical (unpaired) electrons. The number of hydrogen-bond donors (Lipinski definition) is 2. The van der Waals surface area contributed by atoms with Gasteiger partial charge in [-0.2, -0.15) is 10.2 Å². The minimum Gasteiger partial charge on any atom is -0.484 e. The highest BCUT2D eigenvalue weighted by Gasteiger charge is 2.04. The number of benzene rings is 3. The Labute approximate surface area is 211 Å². The van der Waals surface area contributed by atoms with Crippen LogP contribution in [-0.4, -0.2) is 37.5 Å². The number of rotatable bonds is 10. The normalized spacial score (nSPS) is 11.0. The van der Waals surface area contributed by atoms with Gasteiger partial charge in [-0.25, -0.2) is 10.9 Å². The highest BCUT2D eigenvalue weighted by molar-refractivity contribution is 5.84. The molecule has 8 nitrogen and oxygen atoms in total. The smallest absolute Gasteiger partial charge is 0.277 e. The lowest BCUT2D eigenvalue weighted by atomic mass is 10.1. The van der Waals surface area contributed by atoms with Gasteiger partial charge in [0.15, 0.2) is 13.2 Å². The van der Waals surface area contributed by atoms with E-state index in [4.69, 9.17) is 9.47 Å². The lowest BCUT2D eigenvalue weighted by Crippen LogP contribution is -2.25. The Hall–Kier alpha value is -4.46. The second kappa shape index (κ2) is 12.9. The molecule has 0 atom stereocenters. The first-order valence-corrected chi connectivity index (χ1v) is 11.4. The van der Waals surface area contributed by atoms with Gasteiger partial charge >= 0.3 is 0 Å². The van der Waals surface area contributed by atoms with E-state index in [2.05, 4.69) is 21.1 Å². The first kappa shape index (κ1) is 26.2. The summed E-state index contributed by atoms with van der Waals surface area (Å²) < 4.78 is 10.9. The van der Waals surface area contributed by atoms with Gasteiger partial charge in [0.05, 0.1) is 12.4 Å². The number of nitrogens with one attached hydrogen (secondary N) is 2. The van der Waals surface area contributed by atoms with Gasteiger partial charge in [0.2, 0.25) is 0 Å². The van der Waals surface area contributed by atoms with Crippen LogP contribution in [0.25, 0.3) is 0 Å². The van der Waals surface area contributed by atoms with Gasteiger partial charge < -0.3 is 9.47 Å². The van der Waals surface area contributed by atoms with E-state index in [-0.39, 0.29) is 25.0 Å². The Balaban J connectivity index is 1.36. The summed E-state index contributed by atoms with van der Waals surface area (Å²) in [6, 6.07) is 18.5. The van der Waals surface area contributed by atoms with Crippen molar-refractivity contribution in [3.8, 4) is 11.5 Å². The largest absolute Gasteiger partial charge is 0.484 e. The summed E-state index contributed by atoms with van der Waals surface area (Å²) in [6.45, 7) is 7.74. The van der Waals surface area contributed by atoms with Gasteiger partial charge in [-0.3, -0.25) is 9.59 Å². The lowest BCUT2D eigenvalue weighted by Gasteiger charge is -2.08. The molecule has 0 unspecified atom stereocenters. The Morgan fingerprint density at radius 1 is 0.639 bits per heavy atom. The number of amides is 2. The highest BCUT2D eigenvalue weighted by Crippen LogP contribution is 2.17. The Kier molecular flexibility index (Phi) is 9.33. The highest BCUT2D eigenvalue weighted by atomic mass is 16.5. The van der Waals surface area contributed by atoms with E-state index in [1.807, 2.05) is 64.1 Å². The number of nitrogens with zero attached hydrogens (tertiary/aromatic N) is 2. The fourth-order valence-electron chi connectivity index (χ4n) is 3.04. The molecule has 0 saturated heterocycles. The summed E-state index contributed by atoms with van der Waals surface area (Å²) in [5.41, 5.74) is 11.4. The zero-order valence-corrected chi connectivity index (χ0v) is 20.9. The minimum absolute atomic E-state index is 0.189. The van der Waals surface area contributed by atoms with Gasteiger partial charge in [-0.15, -0.1) is 0 Å². The maximum Gasteiger partial charge on any atom is 0.277 e. The predicted octanol–water partition coefficient (Wildman–Crippen LogP) is 3.98. The van der Waals surface area contributed by atoms with Crippen LogP contribution in [0.15, 0.2) is 70.9 Å². The molecular weight excluding hydrogens is 456 g/mol. The molecule has 2 N–H and O–H groups in total. The maximum atomic E-state index is 11.9. The van der Waals surface area contributed by atoms with Crippen LogP contribution in [0.4, 0.5) is 0 Å². The van der Waals surface area contributed by atoms with Gasteiger partial charge in [-0.1, -0.05) is 36.4 Å². The lowest BCUT2D eigenvalue weighted by molar-refractivity contribution is -0.123. The van der Waals surface area contributed by atoms with Gasteiger partial charge in [0, 0.05) is 0 Å². The third-order valence-corrected chi connectivity index (χ3v) is 5.43. The van der Waals surface area contributed by atoms with E-state index in [0.29, 0.717) is 11.5 Å². The average Bonchev–Trinajstić information content (AvgIpc) is 2.86.